The van der Waals surface area contributed by atoms with Crippen LogP contribution in [0.5, 0.6) is 0 Å². The molecule has 0 bridgehead atoms. The molecule has 0 saturated carbocycles. The molecule has 128 valence electrons. The van der Waals surface area contributed by atoms with Crippen molar-refractivity contribution in [2.75, 3.05) is 19.0 Å². The van der Waals surface area contributed by atoms with Crippen molar-refractivity contribution < 1.29 is 23.9 Å². The Morgan fingerprint density at radius 1 is 1.12 bits per heavy atom. The molecule has 0 unspecified atom stereocenters. The first-order valence-electron chi connectivity index (χ1n) is 7.53. The molecule has 0 aliphatic carbocycles. The van der Waals surface area contributed by atoms with Crippen LogP contribution in [0, 0.1) is 0 Å². The lowest BCUT2D eigenvalue weighted by Crippen LogP contribution is -2.34. The third kappa shape index (κ3) is 4.80. The van der Waals surface area contributed by atoms with E-state index in [1.807, 2.05) is 0 Å². The molecule has 4 amide bonds. The molecule has 1 aliphatic rings. The van der Waals surface area contributed by atoms with Crippen molar-refractivity contribution >= 4 is 29.5 Å². The standard InChI is InChI=1S/C16H19N3O5/c1-24-16(23)18-12-4-2-11(3-5-12)10-17-13(20)8-9-19-14(21)6-7-15(19)22/h2-5H,6-10H2,1H3,(H,17,20)(H,18,23). The number of carbonyl (C=O) groups excluding carboxylic acids is 4. The quantitative estimate of drug-likeness (QED) is 0.756. The summed E-state index contributed by atoms with van der Waals surface area (Å²) in [6, 6.07) is 6.91. The molecule has 2 rings (SSSR count). The van der Waals surface area contributed by atoms with Crippen LogP contribution in [-0.4, -0.2) is 42.4 Å². The first-order chi connectivity index (χ1) is 11.5. The minimum Gasteiger partial charge on any atom is -0.453 e. The van der Waals surface area contributed by atoms with Crippen LogP contribution in [0.15, 0.2) is 24.3 Å². The summed E-state index contributed by atoms with van der Waals surface area (Å²) >= 11 is 0. The zero-order chi connectivity index (χ0) is 17.5. The number of imide groups is 1. The summed E-state index contributed by atoms with van der Waals surface area (Å²) in [4.78, 5) is 46.9. The molecule has 1 aromatic carbocycles. The number of methoxy groups -OCH3 is 1. The molecule has 1 aromatic rings. The van der Waals surface area contributed by atoms with E-state index in [9.17, 15) is 19.2 Å². The van der Waals surface area contributed by atoms with Crippen LogP contribution in [0.4, 0.5) is 10.5 Å². The second-order valence-electron chi connectivity index (χ2n) is 5.28. The van der Waals surface area contributed by atoms with Gasteiger partial charge in [0, 0.05) is 38.0 Å². The predicted octanol–water partition coefficient (Wildman–Crippen LogP) is 1.02. The molecule has 1 aliphatic heterocycles. The van der Waals surface area contributed by atoms with Gasteiger partial charge in [-0.1, -0.05) is 12.1 Å². The first kappa shape index (κ1) is 17.5. The molecule has 1 fully saturated rings. The van der Waals surface area contributed by atoms with Crippen molar-refractivity contribution in [3.05, 3.63) is 29.8 Å². The van der Waals surface area contributed by atoms with Gasteiger partial charge in [0.1, 0.15) is 0 Å². The molecule has 1 heterocycles. The zero-order valence-corrected chi connectivity index (χ0v) is 13.3. The van der Waals surface area contributed by atoms with E-state index in [1.165, 1.54) is 7.11 Å². The van der Waals surface area contributed by atoms with Crippen molar-refractivity contribution in [2.24, 2.45) is 0 Å². The average molecular weight is 333 g/mol. The maximum Gasteiger partial charge on any atom is 0.411 e. The molecule has 8 heteroatoms. The fraction of sp³-hybridized carbons (Fsp3) is 0.375. The summed E-state index contributed by atoms with van der Waals surface area (Å²) in [6.07, 6.45) is -0.0137. The molecule has 2 N–H and O–H groups in total. The lowest BCUT2D eigenvalue weighted by molar-refractivity contribution is -0.138. The summed E-state index contributed by atoms with van der Waals surface area (Å²) in [7, 11) is 1.28. The maximum atomic E-state index is 11.8. The topological polar surface area (TPSA) is 105 Å². The number of anilines is 1. The number of benzene rings is 1. The fourth-order valence-electron chi connectivity index (χ4n) is 2.25. The molecule has 0 radical (unpaired) electrons. The van der Waals surface area contributed by atoms with Gasteiger partial charge in [-0.05, 0) is 17.7 Å². The summed E-state index contributed by atoms with van der Waals surface area (Å²) in [5, 5.41) is 5.25. The normalized spacial score (nSPS) is 13.8. The average Bonchev–Trinajstić information content (AvgIpc) is 2.90. The van der Waals surface area contributed by atoms with Crippen LogP contribution < -0.4 is 10.6 Å². The monoisotopic (exact) mass is 333 g/mol. The summed E-state index contributed by atoms with van der Waals surface area (Å²) in [6.45, 7) is 0.435. The highest BCUT2D eigenvalue weighted by atomic mass is 16.5. The van der Waals surface area contributed by atoms with Gasteiger partial charge in [0.25, 0.3) is 0 Å². The van der Waals surface area contributed by atoms with Gasteiger partial charge in [0.05, 0.1) is 7.11 Å². The summed E-state index contributed by atoms with van der Waals surface area (Å²) in [5.74, 6) is -0.678. The van der Waals surface area contributed by atoms with Crippen molar-refractivity contribution in [3.63, 3.8) is 0 Å². The number of likely N-dealkylation sites (tertiary alicyclic amines) is 1. The van der Waals surface area contributed by atoms with E-state index in [1.54, 1.807) is 24.3 Å². The number of nitrogens with one attached hydrogen (secondary N) is 2. The molecule has 0 aromatic heterocycles. The molecular weight excluding hydrogens is 314 g/mol. The smallest absolute Gasteiger partial charge is 0.411 e. The van der Waals surface area contributed by atoms with E-state index in [2.05, 4.69) is 15.4 Å². The first-order valence-corrected chi connectivity index (χ1v) is 7.53. The predicted molar refractivity (Wildman–Crippen MR) is 84.9 cm³/mol. The molecule has 1 saturated heterocycles. The van der Waals surface area contributed by atoms with Crippen molar-refractivity contribution in [1.29, 1.82) is 0 Å². The molecule has 24 heavy (non-hydrogen) atoms. The Morgan fingerprint density at radius 2 is 1.75 bits per heavy atom. The minimum absolute atomic E-state index is 0.0828. The van der Waals surface area contributed by atoms with E-state index in [0.29, 0.717) is 12.2 Å². The number of nitrogens with zero attached hydrogens (tertiary/aromatic N) is 1. The van der Waals surface area contributed by atoms with Crippen LogP contribution in [0.3, 0.4) is 0 Å². The maximum absolute atomic E-state index is 11.8. The van der Waals surface area contributed by atoms with Crippen LogP contribution in [-0.2, 0) is 25.7 Å². The highest BCUT2D eigenvalue weighted by Gasteiger charge is 2.28. The van der Waals surface area contributed by atoms with Crippen LogP contribution in [0.1, 0.15) is 24.8 Å². The number of hydrogen-bond donors (Lipinski definition) is 2. The number of amides is 4. The Kier molecular flexibility index (Phi) is 5.89. The Bertz CT molecular complexity index is 626. The van der Waals surface area contributed by atoms with Crippen molar-refractivity contribution in [1.82, 2.24) is 10.2 Å². The van der Waals surface area contributed by atoms with Gasteiger partial charge in [-0.3, -0.25) is 24.6 Å². The molecule has 0 spiro atoms. The fourth-order valence-corrected chi connectivity index (χ4v) is 2.25. The largest absolute Gasteiger partial charge is 0.453 e. The number of ether oxygens (including phenoxy) is 1. The molecule has 0 atom stereocenters. The Hall–Kier alpha value is -2.90. The highest BCUT2D eigenvalue weighted by molar-refractivity contribution is 6.02. The Balaban J connectivity index is 1.74. The summed E-state index contributed by atoms with van der Waals surface area (Å²) < 4.78 is 4.49. The van der Waals surface area contributed by atoms with Crippen LogP contribution >= 0.6 is 0 Å². The third-order valence-electron chi connectivity index (χ3n) is 3.59. The van der Waals surface area contributed by atoms with E-state index in [0.717, 1.165) is 10.5 Å². The van der Waals surface area contributed by atoms with Gasteiger partial charge in [0.2, 0.25) is 17.7 Å². The lowest BCUT2D eigenvalue weighted by atomic mass is 10.2. The molecular formula is C16H19N3O5. The zero-order valence-electron chi connectivity index (χ0n) is 13.3. The minimum atomic E-state index is -0.554. The number of rotatable bonds is 6. The van der Waals surface area contributed by atoms with Gasteiger partial charge >= 0.3 is 6.09 Å². The van der Waals surface area contributed by atoms with Crippen LogP contribution in [0.2, 0.25) is 0 Å². The third-order valence-corrected chi connectivity index (χ3v) is 3.59. The molecule has 8 nitrogen and oxygen atoms in total. The van der Waals surface area contributed by atoms with Gasteiger partial charge in [-0.15, -0.1) is 0 Å². The number of carbonyl (C=O) groups is 4. The van der Waals surface area contributed by atoms with E-state index in [-0.39, 0.29) is 43.5 Å². The van der Waals surface area contributed by atoms with Gasteiger partial charge in [0.15, 0.2) is 0 Å². The SMILES string of the molecule is COC(=O)Nc1ccc(CNC(=O)CCN2C(=O)CCC2=O)cc1. The van der Waals surface area contributed by atoms with Crippen LogP contribution in [0.25, 0.3) is 0 Å². The highest BCUT2D eigenvalue weighted by Crippen LogP contribution is 2.12. The van der Waals surface area contributed by atoms with E-state index < -0.39 is 6.09 Å². The second kappa shape index (κ2) is 8.09. The van der Waals surface area contributed by atoms with E-state index in [4.69, 9.17) is 0 Å². The van der Waals surface area contributed by atoms with Gasteiger partial charge in [-0.25, -0.2) is 4.79 Å². The Labute approximate surface area is 139 Å². The van der Waals surface area contributed by atoms with Crippen molar-refractivity contribution in [3.8, 4) is 0 Å². The summed E-state index contributed by atoms with van der Waals surface area (Å²) in [5.41, 5.74) is 1.44. The lowest BCUT2D eigenvalue weighted by Gasteiger charge is -2.13. The second-order valence-corrected chi connectivity index (χ2v) is 5.28. The van der Waals surface area contributed by atoms with Gasteiger partial charge < -0.3 is 10.1 Å². The van der Waals surface area contributed by atoms with E-state index >= 15 is 0 Å². The van der Waals surface area contributed by atoms with Gasteiger partial charge in [-0.2, -0.15) is 0 Å². The number of hydrogen-bond acceptors (Lipinski definition) is 5. The van der Waals surface area contributed by atoms with Crippen molar-refractivity contribution in [2.45, 2.75) is 25.8 Å². The Morgan fingerprint density at radius 3 is 2.33 bits per heavy atom.